The van der Waals surface area contributed by atoms with E-state index in [9.17, 15) is 0 Å². The average molecular weight is 202 g/mol. The standard InChI is InChI=1S/C15H22/c1-2-11-9-13-8-7-12-5-3-4-6-14(12)15(13)10-11/h7-8,11,13,15H,2-6,9-10H2,1H3. The van der Waals surface area contributed by atoms with Gasteiger partial charge >= 0.3 is 0 Å². The van der Waals surface area contributed by atoms with Crippen molar-refractivity contribution in [3.05, 3.63) is 23.3 Å². The monoisotopic (exact) mass is 202 g/mol. The summed E-state index contributed by atoms with van der Waals surface area (Å²) in [6.45, 7) is 2.36. The zero-order valence-electron chi connectivity index (χ0n) is 9.84. The van der Waals surface area contributed by atoms with E-state index in [0.717, 1.165) is 17.8 Å². The molecule has 3 rings (SSSR count). The molecule has 3 aliphatic rings. The predicted molar refractivity (Wildman–Crippen MR) is 64.6 cm³/mol. The van der Waals surface area contributed by atoms with Crippen LogP contribution in [0.25, 0.3) is 0 Å². The molecule has 0 aromatic rings. The minimum Gasteiger partial charge on any atom is -0.0805 e. The summed E-state index contributed by atoms with van der Waals surface area (Å²) in [6.07, 6.45) is 15.0. The molecule has 0 nitrogen and oxygen atoms in total. The van der Waals surface area contributed by atoms with Gasteiger partial charge in [-0.05, 0) is 61.9 Å². The second-order valence-electron chi connectivity index (χ2n) is 5.63. The Morgan fingerprint density at radius 3 is 2.93 bits per heavy atom. The van der Waals surface area contributed by atoms with E-state index in [1.54, 1.807) is 5.57 Å². The summed E-state index contributed by atoms with van der Waals surface area (Å²) < 4.78 is 0. The predicted octanol–water partition coefficient (Wildman–Crippen LogP) is 4.48. The van der Waals surface area contributed by atoms with Crippen molar-refractivity contribution in [1.29, 1.82) is 0 Å². The molecule has 0 heteroatoms. The van der Waals surface area contributed by atoms with Gasteiger partial charge in [0, 0.05) is 0 Å². The Morgan fingerprint density at radius 2 is 2.07 bits per heavy atom. The van der Waals surface area contributed by atoms with E-state index in [1.807, 2.05) is 5.57 Å². The van der Waals surface area contributed by atoms with Crippen molar-refractivity contribution in [2.24, 2.45) is 17.8 Å². The van der Waals surface area contributed by atoms with Gasteiger partial charge in [-0.3, -0.25) is 0 Å². The van der Waals surface area contributed by atoms with Gasteiger partial charge in [-0.1, -0.05) is 31.1 Å². The molecule has 0 aromatic heterocycles. The average Bonchev–Trinajstić information content (AvgIpc) is 2.72. The first-order valence-corrected chi connectivity index (χ1v) is 6.78. The summed E-state index contributed by atoms with van der Waals surface area (Å²) in [5.74, 6) is 2.88. The SMILES string of the molecule is CCC1CC2C=CC3=C(CCCC3)C2C1. The normalized spacial score (nSPS) is 39.1. The Morgan fingerprint density at radius 1 is 1.20 bits per heavy atom. The molecule has 82 valence electrons. The Labute approximate surface area is 93.5 Å². The summed E-state index contributed by atoms with van der Waals surface area (Å²) in [5, 5.41) is 0. The van der Waals surface area contributed by atoms with Gasteiger partial charge in [-0.2, -0.15) is 0 Å². The zero-order chi connectivity index (χ0) is 10.3. The maximum Gasteiger partial charge on any atom is -0.0132 e. The van der Waals surface area contributed by atoms with Gasteiger partial charge in [0.05, 0.1) is 0 Å². The highest BCUT2D eigenvalue weighted by molar-refractivity contribution is 5.35. The van der Waals surface area contributed by atoms with E-state index < -0.39 is 0 Å². The fourth-order valence-electron chi connectivity index (χ4n) is 3.93. The minimum atomic E-state index is 0.909. The van der Waals surface area contributed by atoms with Crippen molar-refractivity contribution in [2.45, 2.75) is 51.9 Å². The molecule has 1 fully saturated rings. The number of fused-ring (bicyclic) bond motifs is 2. The molecule has 0 aliphatic heterocycles. The van der Waals surface area contributed by atoms with Gasteiger partial charge in [0.25, 0.3) is 0 Å². The Kier molecular flexibility index (Phi) is 2.46. The van der Waals surface area contributed by atoms with Crippen molar-refractivity contribution in [3.63, 3.8) is 0 Å². The third-order valence-electron chi connectivity index (χ3n) is 4.83. The minimum absolute atomic E-state index is 0.909. The molecule has 0 bridgehead atoms. The van der Waals surface area contributed by atoms with Crippen molar-refractivity contribution >= 4 is 0 Å². The Bertz CT molecular complexity index is 308. The molecule has 0 N–H and O–H groups in total. The largest absolute Gasteiger partial charge is 0.0805 e. The molecule has 3 atom stereocenters. The van der Waals surface area contributed by atoms with Crippen LogP contribution in [0.5, 0.6) is 0 Å². The lowest BCUT2D eigenvalue weighted by Crippen LogP contribution is -2.16. The van der Waals surface area contributed by atoms with E-state index in [2.05, 4.69) is 19.1 Å². The van der Waals surface area contributed by atoms with Crippen LogP contribution in [0.2, 0.25) is 0 Å². The summed E-state index contributed by atoms with van der Waals surface area (Å²) >= 11 is 0. The molecule has 0 amide bonds. The molecular formula is C15H22. The van der Waals surface area contributed by atoms with Crippen molar-refractivity contribution in [2.75, 3.05) is 0 Å². The third kappa shape index (κ3) is 1.58. The van der Waals surface area contributed by atoms with Gasteiger partial charge < -0.3 is 0 Å². The topological polar surface area (TPSA) is 0 Å². The molecule has 0 saturated heterocycles. The smallest absolute Gasteiger partial charge is 0.0132 e. The number of rotatable bonds is 1. The van der Waals surface area contributed by atoms with Crippen molar-refractivity contribution < 1.29 is 0 Å². The van der Waals surface area contributed by atoms with Gasteiger partial charge in [-0.15, -0.1) is 0 Å². The van der Waals surface area contributed by atoms with E-state index in [4.69, 9.17) is 0 Å². The van der Waals surface area contributed by atoms with E-state index in [-0.39, 0.29) is 0 Å². The first kappa shape index (κ1) is 9.69. The van der Waals surface area contributed by atoms with Gasteiger partial charge in [0.2, 0.25) is 0 Å². The van der Waals surface area contributed by atoms with E-state index in [1.165, 1.54) is 44.9 Å². The highest BCUT2D eigenvalue weighted by Crippen LogP contribution is 2.49. The molecule has 0 spiro atoms. The van der Waals surface area contributed by atoms with Gasteiger partial charge in [0.1, 0.15) is 0 Å². The van der Waals surface area contributed by atoms with Crippen LogP contribution in [0.15, 0.2) is 23.3 Å². The van der Waals surface area contributed by atoms with Crippen LogP contribution in [0, 0.1) is 17.8 Å². The second-order valence-corrected chi connectivity index (χ2v) is 5.63. The van der Waals surface area contributed by atoms with Crippen LogP contribution < -0.4 is 0 Å². The molecule has 15 heavy (non-hydrogen) atoms. The van der Waals surface area contributed by atoms with Crippen LogP contribution in [0.3, 0.4) is 0 Å². The lowest BCUT2D eigenvalue weighted by atomic mass is 9.75. The van der Waals surface area contributed by atoms with Gasteiger partial charge in [-0.25, -0.2) is 0 Å². The van der Waals surface area contributed by atoms with Gasteiger partial charge in [0.15, 0.2) is 0 Å². The first-order valence-electron chi connectivity index (χ1n) is 6.78. The Hall–Kier alpha value is -0.520. The van der Waals surface area contributed by atoms with E-state index >= 15 is 0 Å². The Balaban J connectivity index is 1.86. The third-order valence-corrected chi connectivity index (χ3v) is 4.83. The highest BCUT2D eigenvalue weighted by Gasteiger charge is 2.36. The van der Waals surface area contributed by atoms with Crippen LogP contribution in [-0.4, -0.2) is 0 Å². The molecule has 1 saturated carbocycles. The molecule has 0 aromatic carbocycles. The fourth-order valence-corrected chi connectivity index (χ4v) is 3.93. The van der Waals surface area contributed by atoms with E-state index in [0.29, 0.717) is 0 Å². The molecule has 0 heterocycles. The molecule has 3 aliphatic carbocycles. The zero-order valence-corrected chi connectivity index (χ0v) is 9.84. The van der Waals surface area contributed by atoms with Crippen LogP contribution in [0.4, 0.5) is 0 Å². The lowest BCUT2D eigenvalue weighted by molar-refractivity contribution is 0.469. The second kappa shape index (κ2) is 3.81. The summed E-state index contributed by atoms with van der Waals surface area (Å²) in [5.41, 5.74) is 3.59. The summed E-state index contributed by atoms with van der Waals surface area (Å²) in [6, 6.07) is 0. The maximum absolute atomic E-state index is 2.53. The summed E-state index contributed by atoms with van der Waals surface area (Å²) in [4.78, 5) is 0. The van der Waals surface area contributed by atoms with Crippen molar-refractivity contribution in [3.8, 4) is 0 Å². The summed E-state index contributed by atoms with van der Waals surface area (Å²) in [7, 11) is 0. The highest BCUT2D eigenvalue weighted by atomic mass is 14.4. The maximum atomic E-state index is 2.53. The van der Waals surface area contributed by atoms with Crippen molar-refractivity contribution in [1.82, 2.24) is 0 Å². The molecule has 3 unspecified atom stereocenters. The number of hydrogen-bond donors (Lipinski definition) is 0. The fraction of sp³-hybridized carbons (Fsp3) is 0.733. The first-order chi connectivity index (χ1) is 7.38. The lowest BCUT2D eigenvalue weighted by Gasteiger charge is -2.30. The quantitative estimate of drug-likeness (QED) is 0.588. The number of allylic oxidation sites excluding steroid dienone is 4. The molecule has 0 radical (unpaired) electrons. The molecular weight excluding hydrogens is 180 g/mol. The number of hydrogen-bond acceptors (Lipinski definition) is 0. The van der Waals surface area contributed by atoms with Crippen LogP contribution in [-0.2, 0) is 0 Å². The van der Waals surface area contributed by atoms with Crippen LogP contribution >= 0.6 is 0 Å². The van der Waals surface area contributed by atoms with Crippen LogP contribution in [0.1, 0.15) is 51.9 Å².